The molecule has 142 valence electrons. The third kappa shape index (κ3) is 3.10. The van der Waals surface area contributed by atoms with Crippen molar-refractivity contribution in [3.8, 4) is 11.5 Å². The number of aliphatic imine (C=N–C) groups is 1. The van der Waals surface area contributed by atoms with Gasteiger partial charge in [-0.15, -0.1) is 0 Å². The molecule has 5 heteroatoms. The first-order valence-electron chi connectivity index (χ1n) is 9.54. The van der Waals surface area contributed by atoms with Crippen molar-refractivity contribution < 1.29 is 9.47 Å². The van der Waals surface area contributed by atoms with Crippen LogP contribution in [0.5, 0.6) is 11.5 Å². The Balaban J connectivity index is 1.82. The molecule has 27 heavy (non-hydrogen) atoms. The molecule has 0 fully saturated rings. The number of pyridine rings is 1. The number of aromatic nitrogens is 1. The van der Waals surface area contributed by atoms with E-state index in [4.69, 9.17) is 19.5 Å². The molecule has 5 nitrogen and oxygen atoms in total. The lowest BCUT2D eigenvalue weighted by Gasteiger charge is -2.35. The van der Waals surface area contributed by atoms with Gasteiger partial charge in [0.15, 0.2) is 11.5 Å². The molecule has 2 unspecified atom stereocenters. The van der Waals surface area contributed by atoms with E-state index in [0.717, 1.165) is 40.6 Å². The summed E-state index contributed by atoms with van der Waals surface area (Å²) >= 11 is 0. The van der Waals surface area contributed by atoms with Crippen LogP contribution in [0.2, 0.25) is 0 Å². The lowest BCUT2D eigenvalue weighted by molar-refractivity contribution is 0.115. The lowest BCUT2D eigenvalue weighted by Crippen LogP contribution is -2.40. The minimum atomic E-state index is 0.0149. The van der Waals surface area contributed by atoms with Crippen molar-refractivity contribution in [3.63, 3.8) is 0 Å². The van der Waals surface area contributed by atoms with Crippen LogP contribution in [-0.2, 0) is 0 Å². The first-order chi connectivity index (χ1) is 12.9. The number of hydrogen-bond acceptors (Lipinski definition) is 5. The molecule has 2 aliphatic rings. The fourth-order valence-corrected chi connectivity index (χ4v) is 3.89. The van der Waals surface area contributed by atoms with Crippen molar-refractivity contribution in [3.05, 3.63) is 53.3 Å². The number of aryl methyl sites for hydroxylation is 1. The Morgan fingerprint density at radius 1 is 1.15 bits per heavy atom. The molecule has 2 aromatic rings. The van der Waals surface area contributed by atoms with E-state index in [1.54, 1.807) is 0 Å². The number of benzene rings is 1. The molecule has 0 spiro atoms. The normalized spacial score (nSPS) is 22.2. The summed E-state index contributed by atoms with van der Waals surface area (Å²) in [5, 5.41) is 0. The van der Waals surface area contributed by atoms with Crippen molar-refractivity contribution in [2.45, 2.75) is 46.3 Å². The Bertz CT molecular complexity index is 891. The molecule has 3 heterocycles. The molecule has 0 radical (unpaired) electrons. The van der Waals surface area contributed by atoms with Crippen molar-refractivity contribution in [2.75, 3.05) is 13.8 Å². The van der Waals surface area contributed by atoms with Crippen molar-refractivity contribution in [1.29, 1.82) is 0 Å². The molecule has 1 aromatic carbocycles. The predicted molar refractivity (Wildman–Crippen MR) is 106 cm³/mol. The summed E-state index contributed by atoms with van der Waals surface area (Å²) in [6, 6.07) is 12.3. The number of hydrogen-bond donors (Lipinski definition) is 0. The minimum Gasteiger partial charge on any atom is -0.454 e. The van der Waals surface area contributed by atoms with Gasteiger partial charge in [-0.2, -0.15) is 0 Å². The van der Waals surface area contributed by atoms with Crippen LogP contribution in [0.3, 0.4) is 0 Å². The van der Waals surface area contributed by atoms with Crippen LogP contribution in [0.15, 0.2) is 41.4 Å². The second kappa shape index (κ2) is 6.64. The SMILES string of the molecule is CCC(C)(C)C1N=C(c2ccc3c(c2)OCO3)C(c2cccc(C)n2)N1C. The van der Waals surface area contributed by atoms with E-state index in [2.05, 4.69) is 50.9 Å². The van der Waals surface area contributed by atoms with Crippen LogP contribution in [0, 0.1) is 12.3 Å². The number of rotatable bonds is 4. The Kier molecular flexibility index (Phi) is 4.42. The number of nitrogens with zero attached hydrogens (tertiary/aromatic N) is 3. The molecular weight excluding hydrogens is 338 g/mol. The summed E-state index contributed by atoms with van der Waals surface area (Å²) in [5.41, 5.74) is 4.22. The Morgan fingerprint density at radius 3 is 2.67 bits per heavy atom. The fraction of sp³-hybridized carbons (Fsp3) is 0.455. The molecule has 4 rings (SSSR count). The van der Waals surface area contributed by atoms with Gasteiger partial charge in [0.2, 0.25) is 6.79 Å². The summed E-state index contributed by atoms with van der Waals surface area (Å²) in [7, 11) is 2.15. The molecule has 2 aliphatic heterocycles. The average molecular weight is 365 g/mol. The highest BCUT2D eigenvalue weighted by Crippen LogP contribution is 2.42. The number of ether oxygens (including phenoxy) is 2. The van der Waals surface area contributed by atoms with Gasteiger partial charge in [0.25, 0.3) is 0 Å². The van der Waals surface area contributed by atoms with E-state index in [-0.39, 0.29) is 24.4 Å². The monoisotopic (exact) mass is 365 g/mol. The molecule has 0 aliphatic carbocycles. The standard InChI is InChI=1S/C22H27N3O2/c1-6-22(3,4)21-24-19(15-10-11-17-18(12-15)27-13-26-17)20(25(21)5)16-9-7-8-14(2)23-16/h7-12,20-21H,6,13H2,1-5H3. The zero-order valence-corrected chi connectivity index (χ0v) is 16.7. The summed E-state index contributed by atoms with van der Waals surface area (Å²) in [6.07, 6.45) is 1.14. The van der Waals surface area contributed by atoms with E-state index in [9.17, 15) is 0 Å². The highest BCUT2D eigenvalue weighted by Gasteiger charge is 2.43. The molecule has 0 amide bonds. The summed E-state index contributed by atoms with van der Waals surface area (Å²) in [5.74, 6) is 1.58. The summed E-state index contributed by atoms with van der Waals surface area (Å²) in [6.45, 7) is 9.09. The maximum absolute atomic E-state index is 5.59. The third-order valence-electron chi connectivity index (χ3n) is 5.78. The highest BCUT2D eigenvalue weighted by molar-refractivity contribution is 6.06. The Hall–Kier alpha value is -2.40. The van der Waals surface area contributed by atoms with Crippen LogP contribution in [0.1, 0.15) is 50.2 Å². The third-order valence-corrected chi connectivity index (χ3v) is 5.78. The Labute approximate surface area is 161 Å². The van der Waals surface area contributed by atoms with Crippen LogP contribution < -0.4 is 9.47 Å². The molecule has 0 saturated carbocycles. The number of fused-ring (bicyclic) bond motifs is 1. The fourth-order valence-electron chi connectivity index (χ4n) is 3.89. The largest absolute Gasteiger partial charge is 0.454 e. The van der Waals surface area contributed by atoms with E-state index < -0.39 is 0 Å². The maximum atomic E-state index is 5.59. The van der Waals surface area contributed by atoms with Crippen molar-refractivity contribution in [2.24, 2.45) is 10.4 Å². The molecule has 0 saturated heterocycles. The van der Waals surface area contributed by atoms with Crippen molar-refractivity contribution in [1.82, 2.24) is 9.88 Å². The van der Waals surface area contributed by atoms with Crippen LogP contribution in [-0.4, -0.2) is 35.6 Å². The lowest BCUT2D eigenvalue weighted by atomic mass is 9.86. The zero-order chi connectivity index (χ0) is 19.2. The van der Waals surface area contributed by atoms with Gasteiger partial charge >= 0.3 is 0 Å². The molecular formula is C22H27N3O2. The first kappa shape index (κ1) is 18.0. The van der Waals surface area contributed by atoms with Gasteiger partial charge in [-0.05, 0) is 50.7 Å². The predicted octanol–water partition coefficient (Wildman–Crippen LogP) is 4.36. The van der Waals surface area contributed by atoms with Crippen molar-refractivity contribution >= 4 is 5.71 Å². The van der Waals surface area contributed by atoms with Gasteiger partial charge in [0.05, 0.1) is 17.4 Å². The summed E-state index contributed by atoms with van der Waals surface area (Å²) < 4.78 is 11.1. The van der Waals surface area contributed by atoms with Gasteiger partial charge in [-0.3, -0.25) is 14.9 Å². The van der Waals surface area contributed by atoms with E-state index in [1.165, 1.54) is 0 Å². The summed E-state index contributed by atoms with van der Waals surface area (Å²) in [4.78, 5) is 12.4. The highest BCUT2D eigenvalue weighted by atomic mass is 16.7. The van der Waals surface area contributed by atoms with Crippen LogP contribution in [0.4, 0.5) is 0 Å². The topological polar surface area (TPSA) is 47.0 Å². The smallest absolute Gasteiger partial charge is 0.231 e. The number of likely N-dealkylation sites (N-methyl/N-ethyl adjacent to an activating group) is 1. The molecule has 0 bridgehead atoms. The second-order valence-electron chi connectivity index (χ2n) is 8.07. The van der Waals surface area contributed by atoms with E-state index in [0.29, 0.717) is 0 Å². The van der Waals surface area contributed by atoms with Gasteiger partial charge < -0.3 is 9.47 Å². The van der Waals surface area contributed by atoms with Gasteiger partial charge in [-0.25, -0.2) is 0 Å². The van der Waals surface area contributed by atoms with Gasteiger partial charge in [0, 0.05) is 16.7 Å². The second-order valence-corrected chi connectivity index (χ2v) is 8.07. The maximum Gasteiger partial charge on any atom is 0.231 e. The van der Waals surface area contributed by atoms with Crippen LogP contribution in [0.25, 0.3) is 0 Å². The molecule has 2 atom stereocenters. The Morgan fingerprint density at radius 2 is 1.93 bits per heavy atom. The zero-order valence-electron chi connectivity index (χ0n) is 16.7. The van der Waals surface area contributed by atoms with Gasteiger partial charge in [0.1, 0.15) is 6.17 Å². The van der Waals surface area contributed by atoms with E-state index >= 15 is 0 Å². The quantitative estimate of drug-likeness (QED) is 0.808. The molecule has 1 aromatic heterocycles. The minimum absolute atomic E-state index is 0.0149. The van der Waals surface area contributed by atoms with E-state index in [1.807, 2.05) is 25.1 Å². The van der Waals surface area contributed by atoms with Gasteiger partial charge in [-0.1, -0.05) is 26.8 Å². The van der Waals surface area contributed by atoms with Crippen LogP contribution >= 0.6 is 0 Å². The average Bonchev–Trinajstić information content (AvgIpc) is 3.25. The molecule has 0 N–H and O–H groups in total. The first-order valence-corrected chi connectivity index (χ1v) is 9.54.